The zero-order valence-electron chi connectivity index (χ0n) is 14.4. The maximum Gasteiger partial charge on any atom is 0.273 e. The van der Waals surface area contributed by atoms with Crippen LogP contribution in [0.5, 0.6) is 0 Å². The Morgan fingerprint density at radius 2 is 2.08 bits per heavy atom. The second kappa shape index (κ2) is 5.52. The predicted molar refractivity (Wildman–Crippen MR) is 99.5 cm³/mol. The van der Waals surface area contributed by atoms with Crippen LogP contribution in [0, 0.1) is 12.3 Å². The number of aryl methyl sites for hydroxylation is 1. The molecule has 1 aliphatic carbocycles. The monoisotopic (exact) mass is 353 g/mol. The number of rotatable bonds is 2. The van der Waals surface area contributed by atoms with E-state index in [1.54, 1.807) is 0 Å². The van der Waals surface area contributed by atoms with E-state index in [1.807, 2.05) is 31.2 Å². The van der Waals surface area contributed by atoms with Crippen LogP contribution in [0.1, 0.15) is 51.7 Å². The Balaban J connectivity index is 1.59. The van der Waals surface area contributed by atoms with Crippen molar-refractivity contribution >= 4 is 39.1 Å². The minimum absolute atomic E-state index is 0.0749. The number of nitrogens with zero attached hydrogens (tertiary/aromatic N) is 1. The number of carbonyl (C=O) groups excluding carboxylic acids is 2. The van der Waals surface area contributed by atoms with Gasteiger partial charge >= 0.3 is 0 Å². The van der Waals surface area contributed by atoms with Gasteiger partial charge in [0.2, 0.25) is 0 Å². The van der Waals surface area contributed by atoms with Gasteiger partial charge < -0.3 is 4.98 Å². The molecule has 0 bridgehead atoms. The molecule has 5 nitrogen and oxygen atoms in total. The van der Waals surface area contributed by atoms with E-state index in [2.05, 4.69) is 29.1 Å². The number of thiazole rings is 1. The number of fused-ring (bicyclic) bond motifs is 2. The minimum Gasteiger partial charge on any atom is -0.351 e. The van der Waals surface area contributed by atoms with Crippen LogP contribution >= 0.6 is 11.3 Å². The lowest BCUT2D eigenvalue weighted by Crippen LogP contribution is -2.26. The fourth-order valence-electron chi connectivity index (χ4n) is 3.30. The average molecular weight is 353 g/mol. The number of Topliss-reactive ketones (excluding diaryl/α,β-unsaturated/α-hetero) is 1. The van der Waals surface area contributed by atoms with Crippen LogP contribution in [0.3, 0.4) is 0 Å². The van der Waals surface area contributed by atoms with Crippen LogP contribution in [0.25, 0.3) is 10.9 Å². The Kier molecular flexibility index (Phi) is 3.54. The SMILES string of the molecule is Cc1ccc2cc(C(=O)Nc3nc4c(s3)C(=O)CC(C)(C)C4)[nH]c2c1. The van der Waals surface area contributed by atoms with Crippen molar-refractivity contribution in [3.05, 3.63) is 46.1 Å². The summed E-state index contributed by atoms with van der Waals surface area (Å²) in [6.45, 7) is 6.15. The first-order valence-corrected chi connectivity index (χ1v) is 9.06. The number of anilines is 1. The highest BCUT2D eigenvalue weighted by Gasteiger charge is 2.34. The quantitative estimate of drug-likeness (QED) is 0.719. The molecule has 2 aromatic heterocycles. The first kappa shape index (κ1) is 16.0. The van der Waals surface area contributed by atoms with Crippen LogP contribution in [-0.4, -0.2) is 21.7 Å². The highest BCUT2D eigenvalue weighted by atomic mass is 32.1. The van der Waals surface area contributed by atoms with Gasteiger partial charge in [-0.15, -0.1) is 0 Å². The van der Waals surface area contributed by atoms with Crippen molar-refractivity contribution < 1.29 is 9.59 Å². The number of hydrogen-bond donors (Lipinski definition) is 2. The Hall–Kier alpha value is -2.47. The number of nitrogens with one attached hydrogen (secondary N) is 2. The number of aromatic nitrogens is 2. The minimum atomic E-state index is -0.244. The maximum absolute atomic E-state index is 12.5. The van der Waals surface area contributed by atoms with Gasteiger partial charge in [-0.3, -0.25) is 14.9 Å². The molecule has 128 valence electrons. The average Bonchev–Trinajstić information content (AvgIpc) is 3.09. The third-order valence-corrected chi connectivity index (χ3v) is 5.53. The highest BCUT2D eigenvalue weighted by Crippen LogP contribution is 2.38. The van der Waals surface area contributed by atoms with E-state index >= 15 is 0 Å². The second-order valence-electron chi connectivity index (χ2n) is 7.46. The van der Waals surface area contributed by atoms with E-state index in [0.717, 1.165) is 28.6 Å². The molecule has 2 heterocycles. The lowest BCUT2D eigenvalue weighted by molar-refractivity contribution is 0.0915. The molecule has 0 saturated carbocycles. The van der Waals surface area contributed by atoms with E-state index in [0.29, 0.717) is 22.1 Å². The van der Waals surface area contributed by atoms with Crippen molar-refractivity contribution in [3.63, 3.8) is 0 Å². The van der Waals surface area contributed by atoms with Crippen molar-refractivity contribution in [2.24, 2.45) is 5.41 Å². The molecule has 1 aliphatic rings. The number of aromatic amines is 1. The largest absolute Gasteiger partial charge is 0.351 e. The van der Waals surface area contributed by atoms with Gasteiger partial charge in [0.15, 0.2) is 10.9 Å². The van der Waals surface area contributed by atoms with Crippen molar-refractivity contribution in [2.45, 2.75) is 33.6 Å². The molecule has 0 fully saturated rings. The molecule has 2 N–H and O–H groups in total. The topological polar surface area (TPSA) is 74.8 Å². The van der Waals surface area contributed by atoms with Crippen LogP contribution in [0.15, 0.2) is 24.3 Å². The summed E-state index contributed by atoms with van der Waals surface area (Å²) >= 11 is 1.27. The van der Waals surface area contributed by atoms with Crippen molar-refractivity contribution in [2.75, 3.05) is 5.32 Å². The molecule has 0 saturated heterocycles. The molecule has 0 spiro atoms. The number of benzene rings is 1. The first-order chi connectivity index (χ1) is 11.8. The summed E-state index contributed by atoms with van der Waals surface area (Å²) in [7, 11) is 0. The number of H-pyrrole nitrogens is 1. The summed E-state index contributed by atoms with van der Waals surface area (Å²) < 4.78 is 0. The molecule has 1 aromatic carbocycles. The number of amides is 1. The Labute approximate surface area is 149 Å². The van der Waals surface area contributed by atoms with E-state index < -0.39 is 0 Å². The lowest BCUT2D eigenvalue weighted by atomic mass is 9.78. The van der Waals surface area contributed by atoms with E-state index in [9.17, 15) is 9.59 Å². The van der Waals surface area contributed by atoms with Gasteiger partial charge in [-0.25, -0.2) is 4.98 Å². The van der Waals surface area contributed by atoms with Gasteiger partial charge in [0, 0.05) is 17.3 Å². The van der Waals surface area contributed by atoms with E-state index in [4.69, 9.17) is 0 Å². The number of ketones is 1. The molecule has 1 amide bonds. The summed E-state index contributed by atoms with van der Waals surface area (Å²) in [6, 6.07) is 7.84. The lowest BCUT2D eigenvalue weighted by Gasteiger charge is -2.26. The van der Waals surface area contributed by atoms with Gasteiger partial charge in [-0.2, -0.15) is 0 Å². The zero-order chi connectivity index (χ0) is 17.8. The zero-order valence-corrected chi connectivity index (χ0v) is 15.2. The molecule has 4 rings (SSSR count). The van der Waals surface area contributed by atoms with Gasteiger partial charge in [-0.05, 0) is 36.5 Å². The fraction of sp³-hybridized carbons (Fsp3) is 0.316. The van der Waals surface area contributed by atoms with Gasteiger partial charge in [0.25, 0.3) is 5.91 Å². The number of carbonyl (C=O) groups is 2. The first-order valence-electron chi connectivity index (χ1n) is 8.24. The van der Waals surface area contributed by atoms with E-state index in [1.165, 1.54) is 11.3 Å². The molecular weight excluding hydrogens is 334 g/mol. The van der Waals surface area contributed by atoms with Crippen LogP contribution < -0.4 is 5.32 Å². The summed E-state index contributed by atoms with van der Waals surface area (Å²) in [5.41, 5.74) is 3.28. The summed E-state index contributed by atoms with van der Waals surface area (Å²) in [4.78, 5) is 33.1. The maximum atomic E-state index is 12.5. The van der Waals surface area contributed by atoms with Crippen LogP contribution in [-0.2, 0) is 6.42 Å². The smallest absolute Gasteiger partial charge is 0.273 e. The standard InChI is InChI=1S/C19H19N3O2S/c1-10-4-5-11-7-13(20-12(11)6-10)17(24)22-18-21-14-8-19(2,3)9-15(23)16(14)25-18/h4-7,20H,8-9H2,1-3H3,(H,21,22,24). The van der Waals surface area contributed by atoms with Crippen molar-refractivity contribution in [3.8, 4) is 0 Å². The predicted octanol–water partition coefficient (Wildman–Crippen LogP) is 4.34. The van der Waals surface area contributed by atoms with E-state index in [-0.39, 0.29) is 17.1 Å². The molecule has 0 aliphatic heterocycles. The molecule has 25 heavy (non-hydrogen) atoms. The Morgan fingerprint density at radius 3 is 2.88 bits per heavy atom. The Bertz CT molecular complexity index is 1010. The molecule has 3 aromatic rings. The fourth-order valence-corrected chi connectivity index (χ4v) is 4.22. The molecule has 0 atom stereocenters. The molecule has 6 heteroatoms. The van der Waals surface area contributed by atoms with Gasteiger partial charge in [0.05, 0.1) is 10.6 Å². The number of hydrogen-bond acceptors (Lipinski definition) is 4. The third kappa shape index (κ3) is 2.98. The van der Waals surface area contributed by atoms with Crippen LogP contribution in [0.2, 0.25) is 0 Å². The second-order valence-corrected chi connectivity index (χ2v) is 8.46. The van der Waals surface area contributed by atoms with Crippen LogP contribution in [0.4, 0.5) is 5.13 Å². The highest BCUT2D eigenvalue weighted by molar-refractivity contribution is 7.17. The van der Waals surface area contributed by atoms with Crippen molar-refractivity contribution in [1.82, 2.24) is 9.97 Å². The molecule has 0 unspecified atom stereocenters. The van der Waals surface area contributed by atoms with Gasteiger partial charge in [-0.1, -0.05) is 37.3 Å². The Morgan fingerprint density at radius 1 is 1.28 bits per heavy atom. The molecule has 0 radical (unpaired) electrons. The van der Waals surface area contributed by atoms with Crippen molar-refractivity contribution in [1.29, 1.82) is 0 Å². The summed E-state index contributed by atoms with van der Waals surface area (Å²) in [6.07, 6.45) is 1.28. The normalized spacial score (nSPS) is 16.0. The third-order valence-electron chi connectivity index (χ3n) is 4.48. The molecular formula is C19H19N3O2S. The van der Waals surface area contributed by atoms with Gasteiger partial charge in [0.1, 0.15) is 5.69 Å². The summed E-state index contributed by atoms with van der Waals surface area (Å²) in [5, 5.41) is 4.30. The summed E-state index contributed by atoms with van der Waals surface area (Å²) in [5.74, 6) is -0.128.